The van der Waals surface area contributed by atoms with Crippen LogP contribution in [-0.4, -0.2) is 37.2 Å². The second-order valence-corrected chi connectivity index (χ2v) is 23.8. The predicted molar refractivity (Wildman–Crippen MR) is 362 cm³/mol. The van der Waals surface area contributed by atoms with E-state index in [0.717, 1.165) is 109 Å². The topological polar surface area (TPSA) is 78.9 Å². The van der Waals surface area contributed by atoms with E-state index in [9.17, 15) is 14.4 Å². The second kappa shape index (κ2) is 70.8. The lowest BCUT2D eigenvalue weighted by Gasteiger charge is -2.18. The summed E-state index contributed by atoms with van der Waals surface area (Å²) in [6.45, 7) is 6.54. The molecule has 0 N–H and O–H groups in total. The van der Waals surface area contributed by atoms with E-state index in [2.05, 4.69) is 118 Å². The molecule has 1 unspecified atom stereocenters. The minimum atomic E-state index is -0.789. The van der Waals surface area contributed by atoms with E-state index < -0.39 is 6.10 Å². The van der Waals surface area contributed by atoms with Gasteiger partial charge in [-0.05, 0) is 122 Å². The number of carbonyl (C=O) groups excluding carboxylic acids is 3. The summed E-state index contributed by atoms with van der Waals surface area (Å²) in [5.41, 5.74) is 0. The zero-order valence-electron chi connectivity index (χ0n) is 54.9. The van der Waals surface area contributed by atoms with Crippen molar-refractivity contribution in [3.05, 3.63) is 97.2 Å². The first-order valence-corrected chi connectivity index (χ1v) is 35.7. The fourth-order valence-corrected chi connectivity index (χ4v) is 10.2. The summed E-state index contributed by atoms with van der Waals surface area (Å²) in [5.74, 6) is -0.887. The van der Waals surface area contributed by atoms with E-state index >= 15 is 0 Å². The van der Waals surface area contributed by atoms with E-state index in [0.29, 0.717) is 19.3 Å². The Bertz CT molecular complexity index is 1610. The molecule has 0 amide bonds. The summed E-state index contributed by atoms with van der Waals surface area (Å²) < 4.78 is 17.0. The first-order valence-electron chi connectivity index (χ1n) is 35.7. The van der Waals surface area contributed by atoms with E-state index in [1.165, 1.54) is 205 Å². The van der Waals surface area contributed by atoms with Crippen molar-refractivity contribution in [3.8, 4) is 0 Å². The molecule has 0 spiro atoms. The van der Waals surface area contributed by atoms with Gasteiger partial charge in [0.2, 0.25) is 0 Å². The third-order valence-corrected chi connectivity index (χ3v) is 15.5. The summed E-state index contributed by atoms with van der Waals surface area (Å²) in [6.07, 6.45) is 95.7. The van der Waals surface area contributed by atoms with Crippen LogP contribution >= 0.6 is 0 Å². The van der Waals surface area contributed by atoms with Crippen molar-refractivity contribution in [2.75, 3.05) is 13.2 Å². The zero-order chi connectivity index (χ0) is 59.9. The molecule has 0 saturated heterocycles. The Morgan fingerprint density at radius 3 is 0.747 bits per heavy atom. The van der Waals surface area contributed by atoms with Crippen LogP contribution in [0.4, 0.5) is 0 Å². The maximum absolute atomic E-state index is 13.0. The van der Waals surface area contributed by atoms with Crippen molar-refractivity contribution >= 4 is 17.9 Å². The quantitative estimate of drug-likeness (QED) is 0.0261. The summed E-state index contributed by atoms with van der Waals surface area (Å²) >= 11 is 0. The van der Waals surface area contributed by atoms with Crippen LogP contribution in [0.25, 0.3) is 0 Å². The molecule has 0 bridgehead atoms. The van der Waals surface area contributed by atoms with Gasteiger partial charge in [-0.3, -0.25) is 14.4 Å². The Kier molecular flexibility index (Phi) is 67.7. The normalized spacial score (nSPS) is 12.7. The van der Waals surface area contributed by atoms with E-state index in [1.54, 1.807) is 0 Å². The van der Waals surface area contributed by atoms with Crippen molar-refractivity contribution in [1.82, 2.24) is 0 Å². The third-order valence-electron chi connectivity index (χ3n) is 15.5. The van der Waals surface area contributed by atoms with Gasteiger partial charge in [0.25, 0.3) is 0 Å². The lowest BCUT2D eigenvalue weighted by atomic mass is 10.0. The smallest absolute Gasteiger partial charge is 0.306 e. The number of hydrogen-bond donors (Lipinski definition) is 0. The highest BCUT2D eigenvalue weighted by molar-refractivity contribution is 5.71. The minimum Gasteiger partial charge on any atom is -0.462 e. The van der Waals surface area contributed by atoms with Gasteiger partial charge in [0.05, 0.1) is 0 Å². The van der Waals surface area contributed by atoms with Crippen LogP contribution in [0.3, 0.4) is 0 Å². The molecule has 0 heterocycles. The Labute approximate surface area is 515 Å². The first-order chi connectivity index (χ1) is 41.0. The summed E-state index contributed by atoms with van der Waals surface area (Å²) in [5, 5.41) is 0. The standard InChI is InChI=1S/C77H134O6/c1-4-7-10-13-16-19-22-25-28-30-32-34-36-37-38-39-41-42-44-46-49-52-55-58-61-64-67-70-76(79)82-73-74(72-81-75(78)69-66-63-60-57-54-51-48-27-24-21-18-15-12-9-6-3)83-77(80)71-68-65-62-59-56-53-50-47-45-43-40-35-33-31-29-26-23-20-17-14-11-8-5-2/h8,11,17,20,22,25-27,29-30,32-33,35,43,45,48,74H,4-7,9-10,12-16,18-19,21,23-24,28,31,34,36-42,44,46-47,49-73H2,1-3H3/b11-8-,20-17-,25-22-,29-26-,32-30-,35-33-,45-43-,48-27-. The highest BCUT2D eigenvalue weighted by Gasteiger charge is 2.19. The van der Waals surface area contributed by atoms with Gasteiger partial charge in [0.15, 0.2) is 6.10 Å². The van der Waals surface area contributed by atoms with Crippen LogP contribution in [0.15, 0.2) is 97.2 Å². The number of carbonyl (C=O) groups is 3. The molecule has 6 nitrogen and oxygen atoms in total. The molecule has 0 saturated carbocycles. The predicted octanol–water partition coefficient (Wildman–Crippen LogP) is 24.8. The van der Waals surface area contributed by atoms with Gasteiger partial charge in [0.1, 0.15) is 13.2 Å². The van der Waals surface area contributed by atoms with Crippen LogP contribution in [-0.2, 0) is 28.6 Å². The maximum atomic E-state index is 13.0. The molecular formula is C77H134O6. The summed E-state index contributed by atoms with van der Waals surface area (Å²) in [6, 6.07) is 0. The van der Waals surface area contributed by atoms with Gasteiger partial charge >= 0.3 is 17.9 Å². The average molecular weight is 1160 g/mol. The third kappa shape index (κ3) is 69.0. The fraction of sp³-hybridized carbons (Fsp3) is 0.753. The monoisotopic (exact) mass is 1160 g/mol. The molecule has 6 heteroatoms. The van der Waals surface area contributed by atoms with Crippen molar-refractivity contribution in [3.63, 3.8) is 0 Å². The number of unbranched alkanes of at least 4 members (excludes halogenated alkanes) is 38. The molecular weight excluding hydrogens is 1020 g/mol. The molecule has 0 aliphatic heterocycles. The largest absolute Gasteiger partial charge is 0.462 e. The maximum Gasteiger partial charge on any atom is 0.306 e. The molecule has 0 aliphatic carbocycles. The highest BCUT2D eigenvalue weighted by atomic mass is 16.6. The molecule has 83 heavy (non-hydrogen) atoms. The average Bonchev–Trinajstić information content (AvgIpc) is 3.49. The Morgan fingerprint density at radius 2 is 0.470 bits per heavy atom. The van der Waals surface area contributed by atoms with Crippen molar-refractivity contribution < 1.29 is 28.6 Å². The van der Waals surface area contributed by atoms with Gasteiger partial charge < -0.3 is 14.2 Å². The number of rotatable bonds is 65. The Balaban J connectivity index is 4.33. The van der Waals surface area contributed by atoms with E-state index in [-0.39, 0.29) is 31.1 Å². The van der Waals surface area contributed by atoms with Gasteiger partial charge in [-0.15, -0.1) is 0 Å². The van der Waals surface area contributed by atoms with Crippen LogP contribution in [0.1, 0.15) is 355 Å². The van der Waals surface area contributed by atoms with Crippen molar-refractivity contribution in [1.29, 1.82) is 0 Å². The number of allylic oxidation sites excluding steroid dienone is 16. The molecule has 0 rings (SSSR count). The molecule has 0 aromatic heterocycles. The molecule has 1 atom stereocenters. The minimum absolute atomic E-state index is 0.0828. The van der Waals surface area contributed by atoms with Gasteiger partial charge in [-0.25, -0.2) is 0 Å². The van der Waals surface area contributed by atoms with E-state index in [4.69, 9.17) is 14.2 Å². The Morgan fingerprint density at radius 1 is 0.253 bits per heavy atom. The van der Waals surface area contributed by atoms with Gasteiger partial charge in [-0.1, -0.05) is 311 Å². The lowest BCUT2D eigenvalue weighted by molar-refractivity contribution is -0.167. The zero-order valence-corrected chi connectivity index (χ0v) is 54.9. The molecule has 0 radical (unpaired) electrons. The molecule has 0 aliphatic rings. The molecule has 0 aromatic carbocycles. The molecule has 478 valence electrons. The van der Waals surface area contributed by atoms with Crippen molar-refractivity contribution in [2.45, 2.75) is 361 Å². The molecule has 0 fully saturated rings. The number of hydrogen-bond acceptors (Lipinski definition) is 6. The highest BCUT2D eigenvalue weighted by Crippen LogP contribution is 2.17. The van der Waals surface area contributed by atoms with E-state index in [1.807, 2.05) is 0 Å². The van der Waals surface area contributed by atoms with Crippen LogP contribution in [0.2, 0.25) is 0 Å². The fourth-order valence-electron chi connectivity index (χ4n) is 10.2. The van der Waals surface area contributed by atoms with Crippen LogP contribution < -0.4 is 0 Å². The lowest BCUT2D eigenvalue weighted by Crippen LogP contribution is -2.30. The second-order valence-electron chi connectivity index (χ2n) is 23.8. The van der Waals surface area contributed by atoms with Crippen LogP contribution in [0.5, 0.6) is 0 Å². The summed E-state index contributed by atoms with van der Waals surface area (Å²) in [4.78, 5) is 38.5. The number of ether oxygens (including phenoxy) is 3. The first kappa shape index (κ1) is 79.3. The van der Waals surface area contributed by atoms with Gasteiger partial charge in [-0.2, -0.15) is 0 Å². The SMILES string of the molecule is CC/C=C\C/C=C\C/C=C\C/C=C\C/C=C\CCCCCCCCCC(=O)OC(COC(=O)CCCCCCC/C=C\CCCCCCCC)COC(=O)CCCCCCCCCCCCCCCCC/C=C\C/C=C\CCCCCCC. The number of esters is 3. The summed E-state index contributed by atoms with van der Waals surface area (Å²) in [7, 11) is 0. The van der Waals surface area contributed by atoms with Crippen molar-refractivity contribution in [2.24, 2.45) is 0 Å². The molecule has 0 aromatic rings. The Hall–Kier alpha value is -3.67. The van der Waals surface area contributed by atoms with Crippen LogP contribution in [0, 0.1) is 0 Å². The van der Waals surface area contributed by atoms with Gasteiger partial charge in [0, 0.05) is 19.3 Å².